The minimum Gasteiger partial charge on any atom is -0.493 e. The Morgan fingerprint density at radius 3 is 2.55 bits per heavy atom. The zero-order chi connectivity index (χ0) is 15.0. The van der Waals surface area contributed by atoms with Gasteiger partial charge in [0.2, 0.25) is 5.91 Å². The Bertz CT molecular complexity index is 471. The van der Waals surface area contributed by atoms with Crippen molar-refractivity contribution in [2.75, 3.05) is 27.9 Å². The smallest absolute Gasteiger partial charge is 0.244 e. The van der Waals surface area contributed by atoms with E-state index in [1.807, 2.05) is 13.0 Å². The first kappa shape index (κ1) is 16.0. The summed E-state index contributed by atoms with van der Waals surface area (Å²) in [6.45, 7) is 2.36. The first-order valence-electron chi connectivity index (χ1n) is 6.30. The highest BCUT2D eigenvalue weighted by molar-refractivity contribution is 5.92. The van der Waals surface area contributed by atoms with E-state index in [2.05, 4.69) is 5.32 Å². The van der Waals surface area contributed by atoms with E-state index in [1.54, 1.807) is 39.5 Å². The van der Waals surface area contributed by atoms with Gasteiger partial charge in [0.15, 0.2) is 11.5 Å². The van der Waals surface area contributed by atoms with E-state index in [1.165, 1.54) is 6.08 Å². The van der Waals surface area contributed by atoms with Crippen molar-refractivity contribution >= 4 is 12.0 Å². The molecule has 1 N–H and O–H groups in total. The molecule has 0 aliphatic carbocycles. The number of hydrogen-bond donors (Lipinski definition) is 1. The van der Waals surface area contributed by atoms with Crippen molar-refractivity contribution in [3.05, 3.63) is 29.8 Å². The number of ether oxygens (including phenoxy) is 3. The molecule has 1 amide bonds. The second kappa shape index (κ2) is 8.22. The fourth-order valence-corrected chi connectivity index (χ4v) is 1.71. The molecule has 1 aromatic carbocycles. The van der Waals surface area contributed by atoms with E-state index >= 15 is 0 Å². The van der Waals surface area contributed by atoms with Gasteiger partial charge in [-0.3, -0.25) is 4.79 Å². The Morgan fingerprint density at radius 1 is 1.25 bits per heavy atom. The minimum atomic E-state index is -0.163. The molecule has 0 aliphatic heterocycles. The number of amides is 1. The van der Waals surface area contributed by atoms with Crippen LogP contribution in [-0.4, -0.2) is 39.9 Å². The van der Waals surface area contributed by atoms with Gasteiger partial charge in [-0.15, -0.1) is 0 Å². The second-order valence-electron chi connectivity index (χ2n) is 4.31. The third kappa shape index (κ3) is 4.93. The molecule has 0 heterocycles. The van der Waals surface area contributed by atoms with E-state index in [-0.39, 0.29) is 11.9 Å². The van der Waals surface area contributed by atoms with Crippen LogP contribution < -0.4 is 14.8 Å². The zero-order valence-electron chi connectivity index (χ0n) is 12.3. The maximum atomic E-state index is 11.7. The maximum absolute atomic E-state index is 11.7. The zero-order valence-corrected chi connectivity index (χ0v) is 12.3. The normalized spacial score (nSPS) is 12.2. The number of nitrogens with one attached hydrogen (secondary N) is 1. The minimum absolute atomic E-state index is 0.0254. The van der Waals surface area contributed by atoms with E-state index in [0.29, 0.717) is 18.1 Å². The summed E-state index contributed by atoms with van der Waals surface area (Å²) in [7, 11) is 4.75. The number of methoxy groups -OCH3 is 3. The molecular formula is C15H21NO4. The van der Waals surface area contributed by atoms with Gasteiger partial charge in [0, 0.05) is 19.2 Å². The van der Waals surface area contributed by atoms with Gasteiger partial charge in [-0.05, 0) is 30.7 Å². The number of benzene rings is 1. The molecule has 0 aromatic heterocycles. The monoisotopic (exact) mass is 279 g/mol. The van der Waals surface area contributed by atoms with Crippen LogP contribution in [0.25, 0.3) is 6.08 Å². The van der Waals surface area contributed by atoms with Crippen LogP contribution in [0.3, 0.4) is 0 Å². The number of hydrogen-bond acceptors (Lipinski definition) is 4. The van der Waals surface area contributed by atoms with Gasteiger partial charge in [-0.25, -0.2) is 0 Å². The largest absolute Gasteiger partial charge is 0.493 e. The Hall–Kier alpha value is -2.01. The lowest BCUT2D eigenvalue weighted by Gasteiger charge is -2.10. The predicted molar refractivity (Wildman–Crippen MR) is 78.1 cm³/mol. The fraction of sp³-hybridized carbons (Fsp3) is 0.400. The lowest BCUT2D eigenvalue weighted by atomic mass is 10.2. The van der Waals surface area contributed by atoms with Gasteiger partial charge in [0.05, 0.1) is 20.8 Å². The topological polar surface area (TPSA) is 56.8 Å². The van der Waals surface area contributed by atoms with Gasteiger partial charge in [-0.2, -0.15) is 0 Å². The van der Waals surface area contributed by atoms with E-state index in [0.717, 1.165) is 5.56 Å². The van der Waals surface area contributed by atoms with Crippen LogP contribution in [0.4, 0.5) is 0 Å². The molecule has 1 rings (SSSR count). The molecule has 0 spiro atoms. The average Bonchev–Trinajstić information content (AvgIpc) is 2.44. The van der Waals surface area contributed by atoms with Gasteiger partial charge >= 0.3 is 0 Å². The fourth-order valence-electron chi connectivity index (χ4n) is 1.71. The summed E-state index contributed by atoms with van der Waals surface area (Å²) in [6, 6.07) is 5.43. The van der Waals surface area contributed by atoms with Gasteiger partial charge in [-0.1, -0.05) is 6.07 Å². The van der Waals surface area contributed by atoms with Crippen molar-refractivity contribution in [3.63, 3.8) is 0 Å². The van der Waals surface area contributed by atoms with E-state index in [9.17, 15) is 4.79 Å². The van der Waals surface area contributed by atoms with Gasteiger partial charge in [0.1, 0.15) is 0 Å². The first-order chi connectivity index (χ1) is 9.60. The lowest BCUT2D eigenvalue weighted by Crippen LogP contribution is -2.34. The first-order valence-corrected chi connectivity index (χ1v) is 6.30. The van der Waals surface area contributed by atoms with E-state index in [4.69, 9.17) is 14.2 Å². The van der Waals surface area contributed by atoms with Crippen molar-refractivity contribution in [1.82, 2.24) is 5.32 Å². The van der Waals surface area contributed by atoms with Crippen LogP contribution in [0.5, 0.6) is 11.5 Å². The highest BCUT2D eigenvalue weighted by Gasteiger charge is 2.05. The van der Waals surface area contributed by atoms with Gasteiger partial charge < -0.3 is 19.5 Å². The van der Waals surface area contributed by atoms with E-state index < -0.39 is 0 Å². The molecule has 5 heteroatoms. The molecular weight excluding hydrogens is 258 g/mol. The summed E-state index contributed by atoms with van der Waals surface area (Å²) in [4.78, 5) is 11.7. The highest BCUT2D eigenvalue weighted by Crippen LogP contribution is 2.27. The number of carbonyl (C=O) groups is 1. The molecule has 1 aromatic rings. The summed E-state index contributed by atoms with van der Waals surface area (Å²) in [5.41, 5.74) is 0.859. The van der Waals surface area contributed by atoms with Crippen LogP contribution in [-0.2, 0) is 9.53 Å². The quantitative estimate of drug-likeness (QED) is 0.774. The van der Waals surface area contributed by atoms with Crippen LogP contribution >= 0.6 is 0 Å². The van der Waals surface area contributed by atoms with Crippen LogP contribution in [0.15, 0.2) is 24.3 Å². The highest BCUT2D eigenvalue weighted by atomic mass is 16.5. The number of rotatable bonds is 7. The average molecular weight is 279 g/mol. The SMILES string of the molecule is COC[C@@H](C)NC(=O)/C=C/c1ccc(OC)c(OC)c1. The third-order valence-electron chi connectivity index (χ3n) is 2.64. The summed E-state index contributed by atoms with van der Waals surface area (Å²) >= 11 is 0. The number of carbonyl (C=O) groups excluding carboxylic acids is 1. The Labute approximate surface area is 119 Å². The second-order valence-corrected chi connectivity index (χ2v) is 4.31. The molecule has 0 fully saturated rings. The molecule has 20 heavy (non-hydrogen) atoms. The molecule has 0 aliphatic rings. The lowest BCUT2D eigenvalue weighted by molar-refractivity contribution is -0.117. The van der Waals surface area contributed by atoms with Crippen molar-refractivity contribution in [3.8, 4) is 11.5 Å². The predicted octanol–water partition coefficient (Wildman–Crippen LogP) is 1.87. The summed E-state index contributed by atoms with van der Waals surface area (Å²) in [5, 5.41) is 2.80. The van der Waals surface area contributed by atoms with Crippen molar-refractivity contribution in [2.45, 2.75) is 13.0 Å². The van der Waals surface area contributed by atoms with Crippen molar-refractivity contribution in [2.24, 2.45) is 0 Å². The molecule has 1 atom stereocenters. The standard InChI is InChI=1S/C15H21NO4/c1-11(10-18-2)16-15(17)8-6-12-5-7-13(19-3)14(9-12)20-4/h5-9,11H,10H2,1-4H3,(H,16,17)/b8-6+/t11-/m1/s1. The molecule has 110 valence electrons. The van der Waals surface area contributed by atoms with Gasteiger partial charge in [0.25, 0.3) is 0 Å². The van der Waals surface area contributed by atoms with Crippen molar-refractivity contribution in [1.29, 1.82) is 0 Å². The molecule has 0 unspecified atom stereocenters. The Kier molecular flexibility index (Phi) is 6.59. The molecule has 0 radical (unpaired) electrons. The van der Waals surface area contributed by atoms with Crippen LogP contribution in [0, 0.1) is 0 Å². The molecule has 5 nitrogen and oxygen atoms in total. The van der Waals surface area contributed by atoms with Crippen LogP contribution in [0.1, 0.15) is 12.5 Å². The molecule has 0 saturated heterocycles. The Morgan fingerprint density at radius 2 is 1.95 bits per heavy atom. The summed E-state index contributed by atoms with van der Waals surface area (Å²) < 4.78 is 15.3. The maximum Gasteiger partial charge on any atom is 0.244 e. The Balaban J connectivity index is 2.68. The third-order valence-corrected chi connectivity index (χ3v) is 2.64. The van der Waals surface area contributed by atoms with Crippen LogP contribution in [0.2, 0.25) is 0 Å². The summed E-state index contributed by atoms with van der Waals surface area (Å²) in [5.74, 6) is 1.12. The molecule has 0 bridgehead atoms. The van der Waals surface area contributed by atoms with Crippen molar-refractivity contribution < 1.29 is 19.0 Å². The summed E-state index contributed by atoms with van der Waals surface area (Å²) in [6.07, 6.45) is 3.20. The molecule has 0 saturated carbocycles.